The second kappa shape index (κ2) is 6.30. The van der Waals surface area contributed by atoms with E-state index in [1.54, 1.807) is 0 Å². The molecule has 0 aliphatic carbocycles. The number of carbonyl (C=O) groups is 1. The Bertz CT molecular complexity index is 1030. The molecule has 2 aliphatic rings. The van der Waals surface area contributed by atoms with Crippen LogP contribution in [0.15, 0.2) is 24.3 Å². The van der Waals surface area contributed by atoms with Gasteiger partial charge < -0.3 is 10.2 Å². The van der Waals surface area contributed by atoms with E-state index in [-0.39, 0.29) is 5.91 Å². The topological polar surface area (TPSA) is 62.5 Å². The highest BCUT2D eigenvalue weighted by atomic mass is 16.2. The number of rotatable bonds is 3. The summed E-state index contributed by atoms with van der Waals surface area (Å²) >= 11 is 0. The second-order valence-corrected chi connectivity index (χ2v) is 7.99. The van der Waals surface area contributed by atoms with Gasteiger partial charge in [-0.05, 0) is 49.8 Å². The van der Waals surface area contributed by atoms with Crippen LogP contribution in [-0.4, -0.2) is 51.6 Å². The molecule has 1 aromatic carbocycles. The van der Waals surface area contributed by atoms with Gasteiger partial charge >= 0.3 is 0 Å². The standard InChI is InChI=1S/C21H25N5O/c1-13-17(7-8-20(27)25-11-15-9-22-10-16(15)12-25)14(2)26-21(23-13)18-5-3-4-6-19(18)24-26/h3-6,15-16,22H,7-12H2,1-2H3/t15-,16+. The van der Waals surface area contributed by atoms with Crippen molar-refractivity contribution in [1.29, 1.82) is 0 Å². The Kier molecular flexibility index (Phi) is 3.90. The zero-order valence-electron chi connectivity index (χ0n) is 15.9. The molecule has 2 aliphatic heterocycles. The number of aromatic nitrogens is 3. The normalized spacial score (nSPS) is 22.1. The summed E-state index contributed by atoms with van der Waals surface area (Å²) in [5.74, 6) is 1.56. The van der Waals surface area contributed by atoms with Gasteiger partial charge in [0.25, 0.3) is 0 Å². The Morgan fingerprint density at radius 3 is 2.70 bits per heavy atom. The van der Waals surface area contributed by atoms with Crippen LogP contribution < -0.4 is 5.32 Å². The van der Waals surface area contributed by atoms with Gasteiger partial charge in [0, 0.05) is 49.4 Å². The summed E-state index contributed by atoms with van der Waals surface area (Å²) < 4.78 is 1.93. The first-order valence-electron chi connectivity index (χ1n) is 9.84. The Balaban J connectivity index is 1.38. The van der Waals surface area contributed by atoms with Crippen LogP contribution in [0.3, 0.4) is 0 Å². The van der Waals surface area contributed by atoms with E-state index >= 15 is 0 Å². The molecule has 0 radical (unpaired) electrons. The van der Waals surface area contributed by atoms with Gasteiger partial charge in [0.15, 0.2) is 5.65 Å². The number of hydrogen-bond donors (Lipinski definition) is 1. The molecule has 1 amide bonds. The maximum absolute atomic E-state index is 12.7. The van der Waals surface area contributed by atoms with Crippen molar-refractivity contribution in [2.45, 2.75) is 26.7 Å². The maximum atomic E-state index is 12.7. The highest BCUT2D eigenvalue weighted by Crippen LogP contribution is 2.27. The number of aryl methyl sites for hydroxylation is 2. The zero-order valence-corrected chi connectivity index (χ0v) is 15.9. The molecular weight excluding hydrogens is 338 g/mol. The zero-order chi connectivity index (χ0) is 18.5. The molecule has 140 valence electrons. The van der Waals surface area contributed by atoms with Gasteiger partial charge in [0.1, 0.15) is 0 Å². The molecule has 27 heavy (non-hydrogen) atoms. The molecule has 5 rings (SSSR count). The third-order valence-corrected chi connectivity index (χ3v) is 6.35. The van der Waals surface area contributed by atoms with E-state index in [1.165, 1.54) is 0 Å². The Labute approximate surface area is 158 Å². The Morgan fingerprint density at radius 1 is 1.19 bits per heavy atom. The smallest absolute Gasteiger partial charge is 0.222 e. The Morgan fingerprint density at radius 2 is 1.93 bits per heavy atom. The monoisotopic (exact) mass is 363 g/mol. The van der Waals surface area contributed by atoms with E-state index in [2.05, 4.69) is 23.2 Å². The largest absolute Gasteiger partial charge is 0.342 e. The number of nitrogens with one attached hydrogen (secondary N) is 1. The summed E-state index contributed by atoms with van der Waals surface area (Å²) in [6.45, 7) is 8.06. The molecule has 0 bridgehead atoms. The average molecular weight is 363 g/mol. The molecule has 6 heteroatoms. The van der Waals surface area contributed by atoms with E-state index in [9.17, 15) is 4.79 Å². The molecule has 4 heterocycles. The second-order valence-electron chi connectivity index (χ2n) is 7.99. The number of fused-ring (bicyclic) bond motifs is 4. The predicted molar refractivity (Wildman–Crippen MR) is 105 cm³/mol. The molecule has 3 aromatic rings. The molecule has 0 unspecified atom stereocenters. The highest BCUT2D eigenvalue weighted by Gasteiger charge is 2.37. The van der Waals surface area contributed by atoms with Gasteiger partial charge in [-0.25, -0.2) is 9.50 Å². The fourth-order valence-electron chi connectivity index (χ4n) is 4.79. The van der Waals surface area contributed by atoms with E-state index in [1.807, 2.05) is 29.6 Å². The third kappa shape index (κ3) is 2.70. The van der Waals surface area contributed by atoms with E-state index in [0.717, 1.165) is 66.1 Å². The van der Waals surface area contributed by atoms with Crippen LogP contribution >= 0.6 is 0 Å². The van der Waals surface area contributed by atoms with E-state index in [4.69, 9.17) is 10.1 Å². The van der Waals surface area contributed by atoms with Crippen molar-refractivity contribution in [3.05, 3.63) is 41.2 Å². The van der Waals surface area contributed by atoms with Crippen molar-refractivity contribution < 1.29 is 4.79 Å². The summed E-state index contributed by atoms with van der Waals surface area (Å²) in [5.41, 5.74) is 5.09. The van der Waals surface area contributed by atoms with Gasteiger partial charge in [-0.3, -0.25) is 4.79 Å². The molecule has 2 saturated heterocycles. The van der Waals surface area contributed by atoms with Crippen LogP contribution in [0.1, 0.15) is 23.4 Å². The van der Waals surface area contributed by atoms with Crippen molar-refractivity contribution in [3.63, 3.8) is 0 Å². The molecule has 2 atom stereocenters. The summed E-state index contributed by atoms with van der Waals surface area (Å²) in [6.07, 6.45) is 1.27. The number of amides is 1. The summed E-state index contributed by atoms with van der Waals surface area (Å²) in [4.78, 5) is 19.6. The van der Waals surface area contributed by atoms with Gasteiger partial charge in [-0.1, -0.05) is 12.1 Å². The van der Waals surface area contributed by atoms with Gasteiger partial charge in [-0.15, -0.1) is 0 Å². The molecule has 0 saturated carbocycles. The van der Waals surface area contributed by atoms with Crippen molar-refractivity contribution in [2.75, 3.05) is 26.2 Å². The molecule has 2 aromatic heterocycles. The quantitative estimate of drug-likeness (QED) is 0.774. The molecule has 0 spiro atoms. The number of hydrogen-bond acceptors (Lipinski definition) is 4. The lowest BCUT2D eigenvalue weighted by molar-refractivity contribution is -0.130. The van der Waals surface area contributed by atoms with Crippen LogP contribution in [0, 0.1) is 25.7 Å². The lowest BCUT2D eigenvalue weighted by atomic mass is 10.0. The first kappa shape index (κ1) is 16.7. The van der Waals surface area contributed by atoms with Crippen LogP contribution in [0.5, 0.6) is 0 Å². The highest BCUT2D eigenvalue weighted by molar-refractivity contribution is 5.92. The maximum Gasteiger partial charge on any atom is 0.222 e. The van der Waals surface area contributed by atoms with Crippen molar-refractivity contribution in [2.24, 2.45) is 11.8 Å². The first-order valence-corrected chi connectivity index (χ1v) is 9.84. The first-order chi connectivity index (χ1) is 13.1. The molecule has 6 nitrogen and oxygen atoms in total. The van der Waals surface area contributed by atoms with Crippen LogP contribution in [0.4, 0.5) is 0 Å². The minimum Gasteiger partial charge on any atom is -0.342 e. The summed E-state index contributed by atoms with van der Waals surface area (Å²) in [6, 6.07) is 8.09. The number of nitrogens with zero attached hydrogens (tertiary/aromatic N) is 4. The van der Waals surface area contributed by atoms with Crippen molar-refractivity contribution >= 4 is 22.5 Å². The van der Waals surface area contributed by atoms with E-state index < -0.39 is 0 Å². The number of carbonyl (C=O) groups excluding carboxylic acids is 1. The van der Waals surface area contributed by atoms with Crippen molar-refractivity contribution in [1.82, 2.24) is 24.8 Å². The molecular formula is C21H25N5O. The summed E-state index contributed by atoms with van der Waals surface area (Å²) in [7, 11) is 0. The van der Waals surface area contributed by atoms with Gasteiger partial charge in [0.05, 0.1) is 5.52 Å². The average Bonchev–Trinajstić information content (AvgIpc) is 3.34. The minimum absolute atomic E-state index is 0.272. The lowest BCUT2D eigenvalue weighted by Crippen LogP contribution is -2.32. The minimum atomic E-state index is 0.272. The van der Waals surface area contributed by atoms with Gasteiger partial charge in [0.2, 0.25) is 5.91 Å². The fourth-order valence-corrected chi connectivity index (χ4v) is 4.79. The van der Waals surface area contributed by atoms with Crippen LogP contribution in [-0.2, 0) is 11.2 Å². The van der Waals surface area contributed by atoms with Crippen molar-refractivity contribution in [3.8, 4) is 0 Å². The van der Waals surface area contributed by atoms with E-state index in [0.29, 0.717) is 18.3 Å². The SMILES string of the molecule is Cc1nc2c3ccccc3nn2c(C)c1CCC(=O)N1C[C@H]2CNC[C@H]2C1. The van der Waals surface area contributed by atoms with Gasteiger partial charge in [-0.2, -0.15) is 5.10 Å². The molecule has 1 N–H and O–H groups in total. The fraction of sp³-hybridized carbons (Fsp3) is 0.476. The van der Waals surface area contributed by atoms with Crippen LogP contribution in [0.2, 0.25) is 0 Å². The summed E-state index contributed by atoms with van der Waals surface area (Å²) in [5, 5.41) is 9.21. The molecule has 2 fully saturated rings. The predicted octanol–water partition coefficient (Wildman–Crippen LogP) is 2.11. The number of benzene rings is 1. The number of likely N-dealkylation sites (tertiary alicyclic amines) is 1. The Hall–Kier alpha value is -2.47. The third-order valence-electron chi connectivity index (χ3n) is 6.35. The lowest BCUT2D eigenvalue weighted by Gasteiger charge is -2.18. The van der Waals surface area contributed by atoms with Crippen LogP contribution in [0.25, 0.3) is 16.6 Å².